The third kappa shape index (κ3) is 11.6. The van der Waals surface area contributed by atoms with E-state index in [0.717, 1.165) is 84.0 Å². The molecule has 0 saturated carbocycles. The molecule has 2 spiro atoms. The molecule has 2 unspecified atom stereocenters. The maximum absolute atomic E-state index is 9.49. The van der Waals surface area contributed by atoms with Crippen molar-refractivity contribution in [1.29, 1.82) is 10.5 Å². The lowest BCUT2D eigenvalue weighted by Gasteiger charge is -2.40. The summed E-state index contributed by atoms with van der Waals surface area (Å²) in [6.45, 7) is 0. The highest BCUT2D eigenvalue weighted by Crippen LogP contribution is 2.67. The van der Waals surface area contributed by atoms with Crippen LogP contribution in [0.5, 0.6) is 0 Å². The van der Waals surface area contributed by atoms with Gasteiger partial charge in [0.15, 0.2) is 11.6 Å². The van der Waals surface area contributed by atoms with E-state index >= 15 is 0 Å². The first-order chi connectivity index (χ1) is 59.4. The highest BCUT2D eigenvalue weighted by atomic mass is 32.2. The first-order valence-electron chi connectivity index (χ1n) is 40.3. The SMILES string of the molecule is N#Cc1ccc(-c2ccc(-c3cccc4c3-c3ccccc3C43c4ccccc4Sc4c(-c5nc(-c6ccccc6)cc(-c6ccccc6)n5)cccc43)c3ccccc23)cc1.N#Cc1ccc(-c2ccc(-c3cccc4c3-c3ccccc3C43c4ccccc4Sc4c(-c5nc(-c6ccccc6)cc(-c6ccccc6)n5)cccc43)cc2)cc1. The molecule has 4 aliphatic rings. The molecule has 0 radical (unpaired) electrons. The van der Waals surface area contributed by atoms with Gasteiger partial charge in [-0.2, -0.15) is 10.5 Å². The number of hydrogen-bond acceptors (Lipinski definition) is 8. The molecule has 4 heterocycles. The molecule has 2 aliphatic carbocycles. The minimum Gasteiger partial charge on any atom is -0.228 e. The van der Waals surface area contributed by atoms with Gasteiger partial charge in [-0.3, -0.25) is 0 Å². The van der Waals surface area contributed by atoms with Crippen LogP contribution >= 0.6 is 23.5 Å². The van der Waals surface area contributed by atoms with Crippen molar-refractivity contribution in [3.63, 3.8) is 0 Å². The molecule has 2 aliphatic heterocycles. The van der Waals surface area contributed by atoms with Crippen molar-refractivity contribution in [3.05, 3.63) is 468 Å². The first-order valence-corrected chi connectivity index (χ1v) is 42.0. The zero-order chi connectivity index (χ0) is 79.8. The van der Waals surface area contributed by atoms with E-state index in [9.17, 15) is 10.5 Å². The molecule has 558 valence electrons. The summed E-state index contributed by atoms with van der Waals surface area (Å²) in [7, 11) is 0. The third-order valence-corrected chi connectivity index (χ3v) is 26.7. The molecule has 6 nitrogen and oxygen atoms in total. The predicted octanol–water partition coefficient (Wildman–Crippen LogP) is 28.2. The lowest BCUT2D eigenvalue weighted by Crippen LogP contribution is -2.32. The van der Waals surface area contributed by atoms with E-state index in [1.54, 1.807) is 0 Å². The van der Waals surface area contributed by atoms with Crippen molar-refractivity contribution in [2.75, 3.05) is 0 Å². The Bertz CT molecular complexity index is 7290. The molecule has 0 bridgehead atoms. The summed E-state index contributed by atoms with van der Waals surface area (Å²) in [6.07, 6.45) is 0. The molecular formula is C112H68N6S2. The predicted molar refractivity (Wildman–Crippen MR) is 488 cm³/mol. The molecule has 0 fully saturated rings. The highest BCUT2D eigenvalue weighted by Gasteiger charge is 2.53. The lowest BCUT2D eigenvalue weighted by atomic mass is 9.67. The van der Waals surface area contributed by atoms with Gasteiger partial charge in [-0.25, -0.2) is 19.9 Å². The summed E-state index contributed by atoms with van der Waals surface area (Å²) in [4.78, 5) is 26.1. The fraction of sp³-hybridized carbons (Fsp3) is 0.0179. The highest BCUT2D eigenvalue weighted by molar-refractivity contribution is 8.00. The Labute approximate surface area is 704 Å². The Hall–Kier alpha value is -15.2. The standard InChI is InChI=1S/C58H35N3S.C54H33N3S/c59-36-37-29-31-38(32-30-37)41-33-34-44(43-20-8-7-19-42(41)43)45-22-13-26-50-55(45)46-21-9-10-24-48(46)58(50)49-25-11-12-28-54(49)62-56-47(23-14-27-51(56)58)57-60-52(39-15-3-1-4-16-39)35-53(61-57)40-17-5-2-6-18-40;55-34-35-25-27-36(28-26-35)37-29-31-38(32-30-37)41-18-11-22-46-51(41)42-17-7-8-20-44(42)54(46)45-21-9-10-24-50(45)58-52-43(19-12-23-47(52)54)53-56-48(39-13-3-1-4-14-39)33-49(57-53)40-15-5-2-6-16-40/h1-35H;1-33H. The smallest absolute Gasteiger partial charge is 0.161 e. The minimum absolute atomic E-state index is 0.573. The maximum Gasteiger partial charge on any atom is 0.161 e. The van der Waals surface area contributed by atoms with Gasteiger partial charge in [0.2, 0.25) is 0 Å². The van der Waals surface area contributed by atoms with Gasteiger partial charge in [0.1, 0.15) is 0 Å². The van der Waals surface area contributed by atoms with Crippen molar-refractivity contribution in [1.82, 2.24) is 19.9 Å². The van der Waals surface area contributed by atoms with Crippen molar-refractivity contribution in [2.24, 2.45) is 0 Å². The number of nitrogens with zero attached hydrogens (tertiary/aromatic N) is 6. The Morgan fingerprint density at radius 2 is 0.508 bits per heavy atom. The number of benzene rings is 17. The van der Waals surface area contributed by atoms with Crippen LogP contribution in [0.1, 0.15) is 55.6 Å². The lowest BCUT2D eigenvalue weighted by molar-refractivity contribution is 0.723. The van der Waals surface area contributed by atoms with Crippen LogP contribution < -0.4 is 0 Å². The van der Waals surface area contributed by atoms with Crippen LogP contribution in [0.15, 0.2) is 432 Å². The summed E-state index contributed by atoms with van der Waals surface area (Å²) in [5, 5.41) is 21.2. The Kier molecular flexibility index (Phi) is 17.6. The average Bonchev–Trinajstić information content (AvgIpc) is 1.49. The van der Waals surface area contributed by atoms with Crippen LogP contribution in [-0.2, 0) is 10.8 Å². The maximum atomic E-state index is 9.49. The Morgan fingerprint density at radius 3 is 0.942 bits per heavy atom. The van der Waals surface area contributed by atoms with Crippen LogP contribution in [0.4, 0.5) is 0 Å². The minimum atomic E-state index is -0.605. The van der Waals surface area contributed by atoms with Crippen LogP contribution in [0, 0.1) is 22.7 Å². The molecule has 17 aromatic carbocycles. The molecule has 23 rings (SSSR count). The number of aromatic nitrogens is 4. The summed E-state index contributed by atoms with van der Waals surface area (Å²) < 4.78 is 0. The quantitative estimate of drug-likeness (QED) is 0.134. The van der Waals surface area contributed by atoms with E-state index < -0.39 is 10.8 Å². The zero-order valence-corrected chi connectivity index (χ0v) is 66.4. The molecule has 0 amide bonds. The van der Waals surface area contributed by atoms with Gasteiger partial charge >= 0.3 is 0 Å². The average molecular weight is 1560 g/mol. The van der Waals surface area contributed by atoms with E-state index in [1.165, 1.54) is 114 Å². The van der Waals surface area contributed by atoms with Crippen molar-refractivity contribution >= 4 is 34.3 Å². The van der Waals surface area contributed by atoms with Gasteiger partial charge < -0.3 is 0 Å². The second-order valence-corrected chi connectivity index (χ2v) is 32.8. The Balaban J connectivity index is 0.000000144. The summed E-state index contributed by atoms with van der Waals surface area (Å²) >= 11 is 3.65. The summed E-state index contributed by atoms with van der Waals surface area (Å²) in [5.41, 5.74) is 34.3. The van der Waals surface area contributed by atoms with Gasteiger partial charge in [-0.05, 0) is 171 Å². The van der Waals surface area contributed by atoms with Crippen molar-refractivity contribution in [2.45, 2.75) is 30.4 Å². The summed E-state index contributed by atoms with van der Waals surface area (Å²) in [6, 6.07) is 151. The van der Waals surface area contributed by atoms with Crippen molar-refractivity contribution in [3.8, 4) is 147 Å². The fourth-order valence-corrected chi connectivity index (χ4v) is 21.6. The van der Waals surface area contributed by atoms with Crippen molar-refractivity contribution < 1.29 is 0 Å². The number of fused-ring (bicyclic) bond motifs is 19. The van der Waals surface area contributed by atoms with E-state index in [-0.39, 0.29) is 0 Å². The number of hydrogen-bond donors (Lipinski definition) is 0. The van der Waals surface area contributed by atoms with E-state index in [2.05, 4.69) is 364 Å². The van der Waals surface area contributed by atoms with Gasteiger partial charge in [-0.1, -0.05) is 388 Å². The zero-order valence-electron chi connectivity index (χ0n) is 64.8. The molecule has 0 N–H and O–H groups in total. The van der Waals surface area contributed by atoms with Crippen LogP contribution in [-0.4, -0.2) is 19.9 Å². The third-order valence-electron chi connectivity index (χ3n) is 24.3. The number of rotatable bonds is 10. The van der Waals surface area contributed by atoms with Gasteiger partial charge in [-0.15, -0.1) is 0 Å². The van der Waals surface area contributed by atoms with Gasteiger partial charge in [0, 0.05) is 53.0 Å². The first kappa shape index (κ1) is 71.4. The topological polar surface area (TPSA) is 99.1 Å². The van der Waals surface area contributed by atoms with Crippen LogP contribution in [0.25, 0.3) is 145 Å². The number of nitriles is 2. The molecular weight excluding hydrogens is 1490 g/mol. The second kappa shape index (κ2) is 29.5. The molecule has 120 heavy (non-hydrogen) atoms. The van der Waals surface area contributed by atoms with Gasteiger partial charge in [0.25, 0.3) is 0 Å². The Morgan fingerprint density at radius 1 is 0.208 bits per heavy atom. The molecule has 2 aromatic heterocycles. The van der Waals surface area contributed by atoms with E-state index in [0.29, 0.717) is 22.8 Å². The van der Waals surface area contributed by atoms with E-state index in [1.807, 2.05) is 84.2 Å². The van der Waals surface area contributed by atoms with Crippen LogP contribution in [0.3, 0.4) is 0 Å². The largest absolute Gasteiger partial charge is 0.228 e. The molecule has 0 saturated heterocycles. The van der Waals surface area contributed by atoms with Gasteiger partial charge in [0.05, 0.1) is 56.9 Å². The van der Waals surface area contributed by atoms with Crippen LogP contribution in [0.2, 0.25) is 0 Å². The second-order valence-electron chi connectivity index (χ2n) is 30.7. The van der Waals surface area contributed by atoms with E-state index in [4.69, 9.17) is 19.9 Å². The molecule has 8 heteroatoms. The molecule has 2 atom stereocenters. The molecule has 19 aromatic rings. The normalized spacial score (nSPS) is 14.5. The summed E-state index contributed by atoms with van der Waals surface area (Å²) in [5.74, 6) is 1.42. The fourth-order valence-electron chi connectivity index (χ4n) is 19.0. The monoisotopic (exact) mass is 1560 g/mol.